The summed E-state index contributed by atoms with van der Waals surface area (Å²) in [5.41, 5.74) is 0. The number of nitrogens with one attached hydrogen (secondary N) is 1. The van der Waals surface area contributed by atoms with Gasteiger partial charge in [-0.1, -0.05) is 235 Å². The van der Waals surface area contributed by atoms with Crippen LogP contribution in [0.1, 0.15) is 239 Å². The number of aliphatic hydroxyl groups is 2. The highest BCUT2D eigenvalue weighted by atomic mass is 16.5. The fraction of sp³-hybridized carbons (Fsp3) is 0.745. The van der Waals surface area contributed by atoms with Crippen LogP contribution in [0.3, 0.4) is 0 Å². The zero-order valence-corrected chi connectivity index (χ0v) is 40.0. The molecule has 3 atom stereocenters. The summed E-state index contributed by atoms with van der Waals surface area (Å²) in [5.74, 6) is -0.529. The Morgan fingerprint density at radius 2 is 0.902 bits per heavy atom. The molecule has 6 heteroatoms. The van der Waals surface area contributed by atoms with E-state index in [4.69, 9.17) is 4.74 Å². The first-order valence-electron chi connectivity index (χ1n) is 25.7. The minimum atomic E-state index is -0.803. The SMILES string of the molecule is CCC/C=C/C=C/C=C/C=C/C=C/CCCCCC(CC(=O)NC(CO)C(O)CCCCCCCCCCCCCCCCC)OC(=O)CCCCCCC/C=C\CCCC. The van der Waals surface area contributed by atoms with Crippen molar-refractivity contribution in [2.75, 3.05) is 6.61 Å². The number of ether oxygens (including phenoxy) is 1. The summed E-state index contributed by atoms with van der Waals surface area (Å²) in [7, 11) is 0. The molecule has 3 unspecified atom stereocenters. The van der Waals surface area contributed by atoms with Gasteiger partial charge in [0.15, 0.2) is 0 Å². The number of aliphatic hydroxyl groups excluding tert-OH is 2. The van der Waals surface area contributed by atoms with Crippen molar-refractivity contribution in [1.82, 2.24) is 5.32 Å². The van der Waals surface area contributed by atoms with Crippen LogP contribution in [0, 0.1) is 0 Å². The van der Waals surface area contributed by atoms with Crippen LogP contribution in [0.4, 0.5) is 0 Å². The number of rotatable bonds is 45. The second-order valence-electron chi connectivity index (χ2n) is 17.3. The van der Waals surface area contributed by atoms with Gasteiger partial charge in [-0.05, 0) is 64.2 Å². The van der Waals surface area contributed by atoms with Gasteiger partial charge < -0.3 is 20.3 Å². The minimum Gasteiger partial charge on any atom is -0.462 e. The Labute approximate surface area is 377 Å². The molecule has 0 aromatic rings. The van der Waals surface area contributed by atoms with Gasteiger partial charge in [0.05, 0.1) is 25.2 Å². The Bertz CT molecular complexity index is 1140. The average molecular weight is 852 g/mol. The van der Waals surface area contributed by atoms with E-state index in [-0.39, 0.29) is 24.9 Å². The number of allylic oxidation sites excluding steroid dienone is 12. The summed E-state index contributed by atoms with van der Waals surface area (Å²) in [6.07, 6.45) is 61.0. The zero-order chi connectivity index (χ0) is 44.5. The van der Waals surface area contributed by atoms with Gasteiger partial charge in [-0.15, -0.1) is 0 Å². The molecule has 0 bridgehead atoms. The molecule has 3 N–H and O–H groups in total. The van der Waals surface area contributed by atoms with Crippen LogP contribution < -0.4 is 5.32 Å². The smallest absolute Gasteiger partial charge is 0.306 e. The number of unbranched alkanes of at least 4 members (excludes halogenated alkanes) is 25. The molecule has 0 aliphatic rings. The van der Waals surface area contributed by atoms with Crippen molar-refractivity contribution in [2.45, 2.75) is 257 Å². The Hall–Kier alpha value is -2.70. The Morgan fingerprint density at radius 1 is 0.475 bits per heavy atom. The van der Waals surface area contributed by atoms with Gasteiger partial charge in [0, 0.05) is 6.42 Å². The number of carbonyl (C=O) groups excluding carboxylic acids is 2. The van der Waals surface area contributed by atoms with Crippen molar-refractivity contribution in [3.05, 3.63) is 72.9 Å². The van der Waals surface area contributed by atoms with E-state index in [9.17, 15) is 19.8 Å². The first-order chi connectivity index (χ1) is 30.0. The summed E-state index contributed by atoms with van der Waals surface area (Å²) >= 11 is 0. The van der Waals surface area contributed by atoms with E-state index in [2.05, 4.69) is 62.5 Å². The summed E-state index contributed by atoms with van der Waals surface area (Å²) < 4.78 is 5.90. The molecule has 1 amide bonds. The highest BCUT2D eigenvalue weighted by Gasteiger charge is 2.24. The molecule has 0 radical (unpaired) electrons. The molecule has 6 nitrogen and oxygen atoms in total. The molecule has 0 saturated carbocycles. The summed E-state index contributed by atoms with van der Waals surface area (Å²) in [4.78, 5) is 26.1. The first kappa shape index (κ1) is 58.3. The van der Waals surface area contributed by atoms with Crippen LogP contribution in [-0.4, -0.2) is 46.9 Å². The van der Waals surface area contributed by atoms with Gasteiger partial charge in [-0.2, -0.15) is 0 Å². The van der Waals surface area contributed by atoms with Crippen molar-refractivity contribution in [3.8, 4) is 0 Å². The van der Waals surface area contributed by atoms with Crippen LogP contribution >= 0.6 is 0 Å². The van der Waals surface area contributed by atoms with Crippen molar-refractivity contribution >= 4 is 11.9 Å². The number of hydrogen-bond donors (Lipinski definition) is 3. The third-order valence-electron chi connectivity index (χ3n) is 11.4. The fourth-order valence-electron chi connectivity index (χ4n) is 7.44. The lowest BCUT2D eigenvalue weighted by Crippen LogP contribution is -2.46. The fourth-order valence-corrected chi connectivity index (χ4v) is 7.44. The molecule has 0 saturated heterocycles. The van der Waals surface area contributed by atoms with Crippen LogP contribution in [0.2, 0.25) is 0 Å². The number of esters is 1. The standard InChI is InChI=1S/C55H97NO5/c1-4-7-10-13-16-19-22-24-26-28-29-32-34-37-40-43-46-51(61-55(60)48-45-42-39-36-31-21-18-15-12-9-6-3)49-54(59)56-52(50-57)53(58)47-44-41-38-35-33-30-27-25-23-20-17-14-11-8-5-2/h10,13,15-16,18-19,22,24,26,28-29,32,51-53,57-58H,4-9,11-12,14,17,20-21,23,25,27,30-31,33-50H2,1-3H3,(H,56,59)/b13-10+,18-15-,19-16+,24-22+,28-26+,32-29+. The lowest BCUT2D eigenvalue weighted by molar-refractivity contribution is -0.151. The van der Waals surface area contributed by atoms with Crippen LogP contribution in [0.5, 0.6) is 0 Å². The lowest BCUT2D eigenvalue weighted by Gasteiger charge is -2.24. The van der Waals surface area contributed by atoms with E-state index in [1.807, 2.05) is 36.5 Å². The molecular formula is C55H97NO5. The molecule has 0 aromatic carbocycles. The quantitative estimate of drug-likeness (QED) is 0.0245. The van der Waals surface area contributed by atoms with Gasteiger partial charge in [0.2, 0.25) is 5.91 Å². The predicted octanol–water partition coefficient (Wildman–Crippen LogP) is 15.4. The third kappa shape index (κ3) is 43.7. The van der Waals surface area contributed by atoms with Gasteiger partial charge >= 0.3 is 5.97 Å². The second kappa shape index (κ2) is 48.3. The molecular weight excluding hydrogens is 755 g/mol. The summed E-state index contributed by atoms with van der Waals surface area (Å²) in [5, 5.41) is 23.8. The maximum Gasteiger partial charge on any atom is 0.306 e. The van der Waals surface area contributed by atoms with Gasteiger partial charge in [0.25, 0.3) is 0 Å². The van der Waals surface area contributed by atoms with Crippen LogP contribution in [0.15, 0.2) is 72.9 Å². The normalized spacial score (nSPS) is 13.9. The van der Waals surface area contributed by atoms with E-state index in [1.165, 1.54) is 116 Å². The number of amides is 1. The minimum absolute atomic E-state index is 0.0438. The highest BCUT2D eigenvalue weighted by Crippen LogP contribution is 2.17. The maximum absolute atomic E-state index is 13.2. The topological polar surface area (TPSA) is 95.9 Å². The molecule has 0 spiro atoms. The Balaban J connectivity index is 4.66. The molecule has 0 rings (SSSR count). The first-order valence-corrected chi connectivity index (χ1v) is 25.7. The zero-order valence-electron chi connectivity index (χ0n) is 40.0. The van der Waals surface area contributed by atoms with Gasteiger partial charge in [-0.3, -0.25) is 9.59 Å². The summed E-state index contributed by atoms with van der Waals surface area (Å²) in [6.45, 7) is 6.34. The maximum atomic E-state index is 13.2. The van der Waals surface area contributed by atoms with Crippen LogP contribution in [-0.2, 0) is 14.3 Å². The largest absolute Gasteiger partial charge is 0.462 e. The van der Waals surface area contributed by atoms with Crippen LogP contribution in [0.25, 0.3) is 0 Å². The van der Waals surface area contributed by atoms with Crippen molar-refractivity contribution in [1.29, 1.82) is 0 Å². The summed E-state index contributed by atoms with van der Waals surface area (Å²) in [6, 6.07) is -0.720. The van der Waals surface area contributed by atoms with Crippen molar-refractivity contribution in [3.63, 3.8) is 0 Å². The average Bonchev–Trinajstić information content (AvgIpc) is 3.25. The molecule has 0 heterocycles. The van der Waals surface area contributed by atoms with E-state index in [0.29, 0.717) is 19.3 Å². The van der Waals surface area contributed by atoms with Gasteiger partial charge in [0.1, 0.15) is 6.10 Å². The third-order valence-corrected chi connectivity index (χ3v) is 11.4. The lowest BCUT2D eigenvalue weighted by atomic mass is 10.0. The van der Waals surface area contributed by atoms with Gasteiger partial charge in [-0.25, -0.2) is 0 Å². The molecule has 352 valence electrons. The van der Waals surface area contributed by atoms with E-state index >= 15 is 0 Å². The van der Waals surface area contributed by atoms with Crippen molar-refractivity contribution in [2.24, 2.45) is 0 Å². The molecule has 0 aromatic heterocycles. The van der Waals surface area contributed by atoms with E-state index in [0.717, 1.165) is 77.0 Å². The molecule has 0 aliphatic heterocycles. The number of carbonyl (C=O) groups is 2. The van der Waals surface area contributed by atoms with E-state index in [1.54, 1.807) is 0 Å². The molecule has 61 heavy (non-hydrogen) atoms. The monoisotopic (exact) mass is 852 g/mol. The Morgan fingerprint density at radius 3 is 1.44 bits per heavy atom. The number of hydrogen-bond acceptors (Lipinski definition) is 5. The molecule has 0 fully saturated rings. The van der Waals surface area contributed by atoms with E-state index < -0.39 is 18.2 Å². The second-order valence-corrected chi connectivity index (χ2v) is 17.3. The Kier molecular flexibility index (Phi) is 46.2. The predicted molar refractivity (Wildman–Crippen MR) is 264 cm³/mol. The molecule has 0 aliphatic carbocycles. The highest BCUT2D eigenvalue weighted by molar-refractivity contribution is 5.77. The van der Waals surface area contributed by atoms with Crippen molar-refractivity contribution < 1.29 is 24.5 Å².